The molecule has 0 atom stereocenters. The van der Waals surface area contributed by atoms with Gasteiger partial charge >= 0.3 is 11.9 Å². The van der Waals surface area contributed by atoms with Crippen molar-refractivity contribution in [2.45, 2.75) is 34.6 Å². The van der Waals surface area contributed by atoms with E-state index < -0.39 is 17.4 Å². The summed E-state index contributed by atoms with van der Waals surface area (Å²) < 4.78 is 10.00. The molecule has 0 N–H and O–H groups in total. The average molecular weight is 242 g/mol. The van der Waals surface area contributed by atoms with E-state index in [9.17, 15) is 9.59 Å². The number of rotatable bonds is 6. The average Bonchev–Trinajstić information content (AvgIpc) is 2.25. The summed E-state index contributed by atoms with van der Waals surface area (Å²) in [4.78, 5) is 24.1. The van der Waals surface area contributed by atoms with Gasteiger partial charge in [0.1, 0.15) is 0 Å². The van der Waals surface area contributed by atoms with Crippen LogP contribution in [-0.2, 0) is 19.1 Å². The zero-order valence-electron chi connectivity index (χ0n) is 11.3. The van der Waals surface area contributed by atoms with E-state index in [1.807, 2.05) is 0 Å². The minimum absolute atomic E-state index is 0.225. The van der Waals surface area contributed by atoms with E-state index in [2.05, 4.69) is 0 Å². The number of allylic oxidation sites excluding steroid dienone is 1. The maximum atomic E-state index is 12.0. The Morgan fingerprint density at radius 2 is 1.53 bits per heavy atom. The summed E-state index contributed by atoms with van der Waals surface area (Å²) in [6, 6.07) is 0. The summed E-state index contributed by atoms with van der Waals surface area (Å²) in [5.41, 5.74) is -1.33. The van der Waals surface area contributed by atoms with Crippen LogP contribution in [0.2, 0.25) is 0 Å². The first-order valence-corrected chi connectivity index (χ1v) is 5.95. The molecule has 4 nitrogen and oxygen atoms in total. The van der Waals surface area contributed by atoms with Crippen LogP contribution in [0.5, 0.6) is 0 Å². The minimum atomic E-state index is -1.33. The van der Waals surface area contributed by atoms with Gasteiger partial charge in [0.05, 0.1) is 13.2 Å². The van der Waals surface area contributed by atoms with Gasteiger partial charge < -0.3 is 9.47 Å². The number of hydrogen-bond acceptors (Lipinski definition) is 4. The third-order valence-corrected chi connectivity index (χ3v) is 2.57. The first-order valence-electron chi connectivity index (χ1n) is 5.95. The molecule has 0 radical (unpaired) electrons. The number of hydrogen-bond donors (Lipinski definition) is 0. The molecule has 0 aromatic rings. The molecule has 0 aliphatic carbocycles. The summed E-state index contributed by atoms with van der Waals surface area (Å²) in [5.74, 6) is -1.32. The molecular weight excluding hydrogens is 220 g/mol. The smallest absolute Gasteiger partial charge is 0.327 e. The molecule has 4 heteroatoms. The summed E-state index contributed by atoms with van der Waals surface area (Å²) in [6.45, 7) is 9.26. The molecule has 0 aromatic carbocycles. The van der Waals surface area contributed by atoms with Gasteiger partial charge in [0.2, 0.25) is 0 Å². The first-order chi connectivity index (χ1) is 7.97. The lowest BCUT2D eigenvalue weighted by molar-refractivity contribution is -0.171. The molecular formula is C13H22O4. The van der Waals surface area contributed by atoms with Crippen LogP contribution < -0.4 is 0 Å². The molecule has 0 saturated heterocycles. The van der Waals surface area contributed by atoms with E-state index in [0.29, 0.717) is 0 Å². The highest BCUT2D eigenvalue weighted by atomic mass is 16.6. The molecule has 0 heterocycles. The predicted octanol–water partition coefficient (Wildman–Crippen LogP) is 2.33. The van der Waals surface area contributed by atoms with Gasteiger partial charge in [-0.25, -0.2) is 0 Å². The summed E-state index contributed by atoms with van der Waals surface area (Å²) in [5, 5.41) is 0. The minimum Gasteiger partial charge on any atom is -0.465 e. The van der Waals surface area contributed by atoms with Crippen LogP contribution in [0.25, 0.3) is 0 Å². The molecule has 0 spiro atoms. The van der Waals surface area contributed by atoms with Crippen molar-refractivity contribution in [2.24, 2.45) is 11.3 Å². The summed E-state index contributed by atoms with van der Waals surface area (Å²) in [6.07, 6.45) is 3.24. The Kier molecular flexibility index (Phi) is 6.54. The third kappa shape index (κ3) is 3.32. The van der Waals surface area contributed by atoms with E-state index in [0.717, 1.165) is 0 Å². The second-order valence-electron chi connectivity index (χ2n) is 3.96. The van der Waals surface area contributed by atoms with Crippen molar-refractivity contribution in [1.29, 1.82) is 0 Å². The molecule has 0 rings (SSSR count). The first kappa shape index (κ1) is 15.7. The monoisotopic (exact) mass is 242 g/mol. The lowest BCUT2D eigenvalue weighted by atomic mass is 9.76. The molecule has 0 unspecified atom stereocenters. The van der Waals surface area contributed by atoms with E-state index in [1.165, 1.54) is 0 Å². The molecule has 98 valence electrons. The highest BCUT2D eigenvalue weighted by molar-refractivity contribution is 6.02. The Bertz CT molecular complexity index is 274. The van der Waals surface area contributed by atoms with Gasteiger partial charge in [-0.15, -0.1) is 0 Å². The second-order valence-corrected chi connectivity index (χ2v) is 3.96. The van der Waals surface area contributed by atoms with Crippen LogP contribution >= 0.6 is 0 Å². The van der Waals surface area contributed by atoms with Crippen LogP contribution in [0.3, 0.4) is 0 Å². The second kappa shape index (κ2) is 7.09. The van der Waals surface area contributed by atoms with Crippen molar-refractivity contribution in [2.75, 3.05) is 13.2 Å². The molecule has 0 bridgehead atoms. The number of carbonyl (C=O) groups excluding carboxylic acids is 2. The number of ether oxygens (including phenoxy) is 2. The summed E-state index contributed by atoms with van der Waals surface area (Å²) >= 11 is 0. The lowest BCUT2D eigenvalue weighted by Crippen LogP contribution is -2.44. The predicted molar refractivity (Wildman–Crippen MR) is 65.4 cm³/mol. The Balaban J connectivity index is 5.42. The van der Waals surface area contributed by atoms with E-state index >= 15 is 0 Å². The molecule has 0 amide bonds. The van der Waals surface area contributed by atoms with Crippen LogP contribution in [0.15, 0.2) is 12.2 Å². The van der Waals surface area contributed by atoms with Gasteiger partial charge in [0.15, 0.2) is 5.41 Å². The van der Waals surface area contributed by atoms with Crippen molar-refractivity contribution >= 4 is 11.9 Å². The van der Waals surface area contributed by atoms with Crippen LogP contribution in [0, 0.1) is 11.3 Å². The van der Waals surface area contributed by atoms with Crippen molar-refractivity contribution < 1.29 is 19.1 Å². The zero-order chi connectivity index (χ0) is 13.5. The fourth-order valence-corrected chi connectivity index (χ4v) is 1.65. The highest BCUT2D eigenvalue weighted by Crippen LogP contribution is 2.33. The van der Waals surface area contributed by atoms with E-state index in [1.54, 1.807) is 46.8 Å². The molecule has 0 fully saturated rings. The van der Waals surface area contributed by atoms with Gasteiger partial charge in [0, 0.05) is 0 Å². The summed E-state index contributed by atoms with van der Waals surface area (Å²) in [7, 11) is 0. The zero-order valence-corrected chi connectivity index (χ0v) is 11.3. The molecule has 0 aliphatic heterocycles. The van der Waals surface area contributed by atoms with Gasteiger partial charge in [-0.1, -0.05) is 26.0 Å². The standard InChI is InChI=1S/C13H22O4/c1-6-9-13(10(4)5,11(14)16-7-2)12(15)17-8-3/h6,9-10H,7-8H2,1-5H3/b9-6-. The largest absolute Gasteiger partial charge is 0.465 e. The van der Waals surface area contributed by atoms with Crippen LogP contribution in [0.4, 0.5) is 0 Å². The maximum Gasteiger partial charge on any atom is 0.327 e. The molecule has 0 saturated carbocycles. The Morgan fingerprint density at radius 1 is 1.12 bits per heavy atom. The van der Waals surface area contributed by atoms with Gasteiger partial charge in [0.25, 0.3) is 0 Å². The van der Waals surface area contributed by atoms with Gasteiger partial charge in [-0.2, -0.15) is 0 Å². The Morgan fingerprint density at radius 3 is 1.76 bits per heavy atom. The van der Waals surface area contributed by atoms with Crippen molar-refractivity contribution in [1.82, 2.24) is 0 Å². The third-order valence-electron chi connectivity index (χ3n) is 2.57. The highest BCUT2D eigenvalue weighted by Gasteiger charge is 2.49. The van der Waals surface area contributed by atoms with Crippen molar-refractivity contribution in [3.8, 4) is 0 Å². The fraction of sp³-hybridized carbons (Fsp3) is 0.692. The topological polar surface area (TPSA) is 52.6 Å². The normalized spacial score (nSPS) is 11.9. The Labute approximate surface area is 103 Å². The lowest BCUT2D eigenvalue weighted by Gasteiger charge is -2.29. The maximum absolute atomic E-state index is 12.0. The molecule has 17 heavy (non-hydrogen) atoms. The van der Waals surface area contributed by atoms with E-state index in [-0.39, 0.29) is 19.1 Å². The Hall–Kier alpha value is -1.32. The number of carbonyl (C=O) groups is 2. The quantitative estimate of drug-likeness (QED) is 0.407. The van der Waals surface area contributed by atoms with Crippen LogP contribution in [-0.4, -0.2) is 25.2 Å². The fourth-order valence-electron chi connectivity index (χ4n) is 1.65. The van der Waals surface area contributed by atoms with Crippen LogP contribution in [0.1, 0.15) is 34.6 Å². The van der Waals surface area contributed by atoms with Crippen molar-refractivity contribution in [3.63, 3.8) is 0 Å². The van der Waals surface area contributed by atoms with Gasteiger partial charge in [-0.3, -0.25) is 9.59 Å². The van der Waals surface area contributed by atoms with Gasteiger partial charge in [-0.05, 0) is 26.7 Å². The number of esters is 2. The van der Waals surface area contributed by atoms with Crippen molar-refractivity contribution in [3.05, 3.63) is 12.2 Å². The molecule has 0 aliphatic rings. The molecule has 0 aromatic heterocycles. The SMILES string of the molecule is C/C=C\C(C(=O)OCC)(C(=O)OCC)C(C)C. The van der Waals surface area contributed by atoms with E-state index in [4.69, 9.17) is 9.47 Å².